The standard InChI is InChI=1S/C19H22N2O/c20-16-9-6-13-21(14-12-16)19(22)18-11-5-4-10-17(18)15-7-2-1-3-8-15/h1-5,7-8,10-11,16H,6,9,12-14,20H2. The van der Waals surface area contributed by atoms with Crippen molar-refractivity contribution in [3.63, 3.8) is 0 Å². The monoisotopic (exact) mass is 294 g/mol. The van der Waals surface area contributed by atoms with Crippen LogP contribution >= 0.6 is 0 Å². The van der Waals surface area contributed by atoms with Crippen molar-refractivity contribution >= 4 is 5.91 Å². The van der Waals surface area contributed by atoms with Gasteiger partial charge in [0.25, 0.3) is 5.91 Å². The smallest absolute Gasteiger partial charge is 0.254 e. The second-order valence-electron chi connectivity index (χ2n) is 5.89. The third-order valence-electron chi connectivity index (χ3n) is 4.30. The Morgan fingerprint density at radius 3 is 2.50 bits per heavy atom. The van der Waals surface area contributed by atoms with E-state index in [9.17, 15) is 4.79 Å². The van der Waals surface area contributed by atoms with Gasteiger partial charge in [-0.2, -0.15) is 0 Å². The van der Waals surface area contributed by atoms with Crippen LogP contribution in [0.3, 0.4) is 0 Å². The number of rotatable bonds is 2. The zero-order valence-electron chi connectivity index (χ0n) is 12.7. The summed E-state index contributed by atoms with van der Waals surface area (Å²) in [7, 11) is 0. The summed E-state index contributed by atoms with van der Waals surface area (Å²) < 4.78 is 0. The van der Waals surface area contributed by atoms with Gasteiger partial charge in [-0.25, -0.2) is 0 Å². The van der Waals surface area contributed by atoms with E-state index in [1.807, 2.05) is 59.5 Å². The number of hydrogen-bond acceptors (Lipinski definition) is 2. The molecule has 1 atom stereocenters. The summed E-state index contributed by atoms with van der Waals surface area (Å²) in [5, 5.41) is 0. The van der Waals surface area contributed by atoms with E-state index in [1.165, 1.54) is 0 Å². The van der Waals surface area contributed by atoms with Crippen molar-refractivity contribution < 1.29 is 4.79 Å². The lowest BCUT2D eigenvalue weighted by molar-refractivity contribution is 0.0762. The minimum atomic E-state index is 0.119. The van der Waals surface area contributed by atoms with Crippen LogP contribution in [0.25, 0.3) is 11.1 Å². The summed E-state index contributed by atoms with van der Waals surface area (Å²) in [6.07, 6.45) is 2.88. The van der Waals surface area contributed by atoms with E-state index in [4.69, 9.17) is 5.73 Å². The van der Waals surface area contributed by atoms with E-state index in [-0.39, 0.29) is 11.9 Å². The van der Waals surface area contributed by atoms with Gasteiger partial charge in [-0.15, -0.1) is 0 Å². The van der Waals surface area contributed by atoms with Crippen molar-refractivity contribution in [2.24, 2.45) is 5.73 Å². The number of carbonyl (C=O) groups excluding carboxylic acids is 1. The van der Waals surface area contributed by atoms with Crippen molar-refractivity contribution in [1.29, 1.82) is 0 Å². The molecule has 0 aliphatic carbocycles. The van der Waals surface area contributed by atoms with E-state index < -0.39 is 0 Å². The van der Waals surface area contributed by atoms with Crippen LogP contribution in [0.15, 0.2) is 54.6 Å². The fourth-order valence-electron chi connectivity index (χ4n) is 3.03. The fourth-order valence-corrected chi connectivity index (χ4v) is 3.03. The van der Waals surface area contributed by atoms with Gasteiger partial charge in [0.15, 0.2) is 0 Å². The molecule has 0 radical (unpaired) electrons. The van der Waals surface area contributed by atoms with Crippen LogP contribution in [0.5, 0.6) is 0 Å². The molecule has 1 fully saturated rings. The number of carbonyl (C=O) groups is 1. The van der Waals surface area contributed by atoms with Gasteiger partial charge in [0.2, 0.25) is 0 Å². The maximum absolute atomic E-state index is 12.9. The summed E-state index contributed by atoms with van der Waals surface area (Å²) in [5.41, 5.74) is 8.88. The van der Waals surface area contributed by atoms with Crippen LogP contribution in [0.2, 0.25) is 0 Å². The average molecular weight is 294 g/mol. The molecule has 1 unspecified atom stereocenters. The van der Waals surface area contributed by atoms with Gasteiger partial charge in [0.1, 0.15) is 0 Å². The first kappa shape index (κ1) is 14.8. The molecule has 114 valence electrons. The predicted octanol–water partition coefficient (Wildman–Crippen LogP) is 3.31. The van der Waals surface area contributed by atoms with Crippen molar-refractivity contribution in [2.75, 3.05) is 13.1 Å². The predicted molar refractivity (Wildman–Crippen MR) is 89.6 cm³/mol. The molecular weight excluding hydrogens is 272 g/mol. The second-order valence-corrected chi connectivity index (χ2v) is 5.89. The Kier molecular flexibility index (Phi) is 4.54. The highest BCUT2D eigenvalue weighted by molar-refractivity contribution is 6.00. The van der Waals surface area contributed by atoms with E-state index >= 15 is 0 Å². The summed E-state index contributed by atoms with van der Waals surface area (Å²) in [4.78, 5) is 14.9. The molecule has 1 amide bonds. The fraction of sp³-hybridized carbons (Fsp3) is 0.316. The van der Waals surface area contributed by atoms with Crippen LogP contribution in [0.1, 0.15) is 29.6 Å². The topological polar surface area (TPSA) is 46.3 Å². The largest absolute Gasteiger partial charge is 0.339 e. The highest BCUT2D eigenvalue weighted by Crippen LogP contribution is 2.25. The zero-order valence-corrected chi connectivity index (χ0v) is 12.7. The van der Waals surface area contributed by atoms with Gasteiger partial charge in [0.05, 0.1) is 0 Å². The zero-order chi connectivity index (χ0) is 15.4. The summed E-state index contributed by atoms with van der Waals surface area (Å²) >= 11 is 0. The number of nitrogens with two attached hydrogens (primary N) is 1. The minimum absolute atomic E-state index is 0.119. The molecule has 0 aromatic heterocycles. The van der Waals surface area contributed by atoms with E-state index in [0.29, 0.717) is 0 Å². The lowest BCUT2D eigenvalue weighted by Crippen LogP contribution is -2.33. The van der Waals surface area contributed by atoms with Crippen LogP contribution in [0, 0.1) is 0 Å². The third-order valence-corrected chi connectivity index (χ3v) is 4.30. The Hall–Kier alpha value is -2.13. The lowest BCUT2D eigenvalue weighted by Gasteiger charge is -2.22. The van der Waals surface area contributed by atoms with Gasteiger partial charge in [0, 0.05) is 24.7 Å². The Labute approximate surface area is 131 Å². The Balaban J connectivity index is 1.90. The first-order valence-corrected chi connectivity index (χ1v) is 7.95. The molecule has 22 heavy (non-hydrogen) atoms. The summed E-state index contributed by atoms with van der Waals surface area (Å²) in [5.74, 6) is 0.119. The van der Waals surface area contributed by atoms with Crippen LogP contribution in [0.4, 0.5) is 0 Å². The minimum Gasteiger partial charge on any atom is -0.339 e. The molecular formula is C19H22N2O. The van der Waals surface area contributed by atoms with Gasteiger partial charge < -0.3 is 10.6 Å². The normalized spacial score (nSPS) is 18.8. The third kappa shape index (κ3) is 3.20. The van der Waals surface area contributed by atoms with Crippen molar-refractivity contribution in [3.8, 4) is 11.1 Å². The van der Waals surface area contributed by atoms with Gasteiger partial charge in [-0.1, -0.05) is 48.5 Å². The number of amides is 1. The van der Waals surface area contributed by atoms with Crippen molar-refractivity contribution in [2.45, 2.75) is 25.3 Å². The number of likely N-dealkylation sites (tertiary alicyclic amines) is 1. The lowest BCUT2D eigenvalue weighted by atomic mass is 9.99. The number of nitrogens with zero attached hydrogens (tertiary/aromatic N) is 1. The molecule has 0 bridgehead atoms. The Morgan fingerprint density at radius 2 is 1.68 bits per heavy atom. The summed E-state index contributed by atoms with van der Waals surface area (Å²) in [6, 6.07) is 18.2. The van der Waals surface area contributed by atoms with Gasteiger partial charge in [-0.05, 0) is 36.5 Å². The SMILES string of the molecule is NC1CCCN(C(=O)c2ccccc2-c2ccccc2)CC1. The highest BCUT2D eigenvalue weighted by atomic mass is 16.2. The molecule has 2 aromatic carbocycles. The highest BCUT2D eigenvalue weighted by Gasteiger charge is 2.22. The molecule has 0 saturated carbocycles. The number of hydrogen-bond donors (Lipinski definition) is 1. The summed E-state index contributed by atoms with van der Waals surface area (Å²) in [6.45, 7) is 1.55. The average Bonchev–Trinajstić information content (AvgIpc) is 2.80. The molecule has 1 aliphatic heterocycles. The van der Waals surface area contributed by atoms with Gasteiger partial charge >= 0.3 is 0 Å². The van der Waals surface area contributed by atoms with Crippen LogP contribution < -0.4 is 5.73 Å². The molecule has 2 N–H and O–H groups in total. The second kappa shape index (κ2) is 6.75. The van der Waals surface area contributed by atoms with Crippen LogP contribution in [-0.4, -0.2) is 29.9 Å². The maximum Gasteiger partial charge on any atom is 0.254 e. The van der Waals surface area contributed by atoms with E-state index in [0.717, 1.165) is 49.0 Å². The molecule has 2 aromatic rings. The molecule has 1 heterocycles. The van der Waals surface area contributed by atoms with Crippen LogP contribution in [-0.2, 0) is 0 Å². The Morgan fingerprint density at radius 1 is 0.955 bits per heavy atom. The number of benzene rings is 2. The van der Waals surface area contributed by atoms with E-state index in [2.05, 4.69) is 0 Å². The Bertz CT molecular complexity index is 639. The molecule has 1 saturated heterocycles. The van der Waals surface area contributed by atoms with E-state index in [1.54, 1.807) is 0 Å². The maximum atomic E-state index is 12.9. The quantitative estimate of drug-likeness (QED) is 0.923. The first-order chi connectivity index (χ1) is 10.8. The molecule has 1 aliphatic rings. The van der Waals surface area contributed by atoms with Crippen molar-refractivity contribution in [3.05, 3.63) is 60.2 Å². The molecule has 3 rings (SSSR count). The first-order valence-electron chi connectivity index (χ1n) is 7.95. The molecule has 3 heteroatoms. The molecule has 0 spiro atoms. The molecule has 3 nitrogen and oxygen atoms in total. The van der Waals surface area contributed by atoms with Crippen molar-refractivity contribution in [1.82, 2.24) is 4.90 Å². The van der Waals surface area contributed by atoms with Gasteiger partial charge in [-0.3, -0.25) is 4.79 Å².